The van der Waals surface area contributed by atoms with Gasteiger partial charge >= 0.3 is 0 Å². The lowest BCUT2D eigenvalue weighted by Crippen LogP contribution is -2.01. The molecule has 0 N–H and O–H groups in total. The SMILES string of the molecule is CCCCCCOCCCCc1ccc(-c2ccc(OCCCCCCC3CC3)nn2)nc1. The van der Waals surface area contributed by atoms with E-state index in [1.165, 1.54) is 69.8 Å². The van der Waals surface area contributed by atoms with Crippen LogP contribution in [0.2, 0.25) is 0 Å². The molecule has 1 saturated carbocycles. The van der Waals surface area contributed by atoms with Gasteiger partial charge in [0.25, 0.3) is 0 Å². The number of hydrogen-bond acceptors (Lipinski definition) is 5. The molecule has 0 radical (unpaired) electrons. The van der Waals surface area contributed by atoms with Crippen LogP contribution in [-0.4, -0.2) is 35.0 Å². The lowest BCUT2D eigenvalue weighted by molar-refractivity contribution is 0.126. The first-order valence-electron chi connectivity index (χ1n) is 13.3. The molecular formula is C28H43N3O2. The molecule has 33 heavy (non-hydrogen) atoms. The lowest BCUT2D eigenvalue weighted by atomic mass is 10.1. The van der Waals surface area contributed by atoms with E-state index in [1.807, 2.05) is 24.4 Å². The van der Waals surface area contributed by atoms with Gasteiger partial charge in [0, 0.05) is 25.5 Å². The number of hydrogen-bond donors (Lipinski definition) is 0. The summed E-state index contributed by atoms with van der Waals surface area (Å²) in [7, 11) is 0. The topological polar surface area (TPSA) is 57.1 Å². The summed E-state index contributed by atoms with van der Waals surface area (Å²) in [6, 6.07) is 8.01. The molecule has 2 aromatic rings. The predicted molar refractivity (Wildman–Crippen MR) is 134 cm³/mol. The van der Waals surface area contributed by atoms with Gasteiger partial charge in [0.1, 0.15) is 5.69 Å². The molecule has 3 rings (SSSR count). The molecule has 1 aliphatic rings. The fourth-order valence-corrected chi connectivity index (χ4v) is 4.00. The Bertz CT molecular complexity index is 745. The van der Waals surface area contributed by atoms with E-state index in [0.717, 1.165) is 56.2 Å². The fourth-order valence-electron chi connectivity index (χ4n) is 4.00. The highest BCUT2D eigenvalue weighted by atomic mass is 16.5. The standard InChI is InChI=1S/C28H43N3O2/c1-2-3-4-9-20-32-21-11-8-13-25-16-17-26(29-23-25)27-18-19-28(31-30-27)33-22-10-6-5-7-12-24-14-15-24/h16-19,23-24H,2-15,20-22H2,1H3. The molecule has 5 nitrogen and oxygen atoms in total. The van der Waals surface area contributed by atoms with Gasteiger partial charge in [-0.1, -0.05) is 70.8 Å². The Kier molecular flexibility index (Phi) is 12.2. The monoisotopic (exact) mass is 453 g/mol. The van der Waals surface area contributed by atoms with Crippen molar-refractivity contribution in [3.63, 3.8) is 0 Å². The number of pyridine rings is 1. The third-order valence-corrected chi connectivity index (χ3v) is 6.33. The van der Waals surface area contributed by atoms with Gasteiger partial charge in [-0.2, -0.15) is 0 Å². The maximum atomic E-state index is 5.75. The number of aryl methyl sites for hydroxylation is 1. The number of nitrogens with zero attached hydrogens (tertiary/aromatic N) is 3. The average Bonchev–Trinajstić information content (AvgIpc) is 3.68. The number of ether oxygens (including phenoxy) is 2. The van der Waals surface area contributed by atoms with Gasteiger partial charge in [-0.3, -0.25) is 4.98 Å². The minimum absolute atomic E-state index is 0.598. The molecular weight excluding hydrogens is 410 g/mol. The van der Waals surface area contributed by atoms with Crippen molar-refractivity contribution in [2.75, 3.05) is 19.8 Å². The maximum absolute atomic E-state index is 5.75. The fraction of sp³-hybridized carbons (Fsp3) is 0.679. The molecule has 2 heterocycles. The average molecular weight is 454 g/mol. The van der Waals surface area contributed by atoms with E-state index >= 15 is 0 Å². The highest BCUT2D eigenvalue weighted by Crippen LogP contribution is 2.34. The van der Waals surface area contributed by atoms with Crippen LogP contribution in [0.5, 0.6) is 5.88 Å². The maximum Gasteiger partial charge on any atom is 0.233 e. The zero-order valence-corrected chi connectivity index (χ0v) is 20.6. The van der Waals surface area contributed by atoms with Crippen molar-refractivity contribution < 1.29 is 9.47 Å². The Hall–Kier alpha value is -2.01. The van der Waals surface area contributed by atoms with Gasteiger partial charge in [-0.25, -0.2) is 0 Å². The van der Waals surface area contributed by atoms with Crippen LogP contribution >= 0.6 is 0 Å². The highest BCUT2D eigenvalue weighted by Gasteiger charge is 2.19. The van der Waals surface area contributed by atoms with Crippen molar-refractivity contribution in [1.82, 2.24) is 15.2 Å². The summed E-state index contributed by atoms with van der Waals surface area (Å²) in [6.07, 6.45) is 19.7. The molecule has 0 amide bonds. The summed E-state index contributed by atoms with van der Waals surface area (Å²) in [5, 5.41) is 8.52. The van der Waals surface area contributed by atoms with Crippen LogP contribution in [0.15, 0.2) is 30.5 Å². The molecule has 0 spiro atoms. The summed E-state index contributed by atoms with van der Waals surface area (Å²) in [5.41, 5.74) is 2.89. The van der Waals surface area contributed by atoms with E-state index in [0.29, 0.717) is 12.5 Å². The Labute approximate surface area is 200 Å². The first-order valence-corrected chi connectivity index (χ1v) is 13.3. The van der Waals surface area contributed by atoms with Gasteiger partial charge in [0.05, 0.1) is 12.3 Å². The van der Waals surface area contributed by atoms with Crippen LogP contribution in [0, 0.1) is 5.92 Å². The molecule has 0 unspecified atom stereocenters. The summed E-state index contributed by atoms with van der Waals surface area (Å²) in [6.45, 7) is 4.72. The number of rotatable bonds is 19. The van der Waals surface area contributed by atoms with Crippen LogP contribution in [0.4, 0.5) is 0 Å². The van der Waals surface area contributed by atoms with Crippen LogP contribution in [0.3, 0.4) is 0 Å². The van der Waals surface area contributed by atoms with E-state index in [2.05, 4.69) is 28.2 Å². The van der Waals surface area contributed by atoms with E-state index in [9.17, 15) is 0 Å². The predicted octanol–water partition coefficient (Wildman–Crippen LogP) is 7.20. The third-order valence-electron chi connectivity index (χ3n) is 6.33. The Morgan fingerprint density at radius 3 is 2.24 bits per heavy atom. The van der Waals surface area contributed by atoms with Crippen molar-refractivity contribution in [3.05, 3.63) is 36.0 Å². The van der Waals surface area contributed by atoms with Gasteiger partial charge < -0.3 is 9.47 Å². The van der Waals surface area contributed by atoms with Gasteiger partial charge in [0.15, 0.2) is 0 Å². The minimum Gasteiger partial charge on any atom is -0.477 e. The largest absolute Gasteiger partial charge is 0.477 e. The Balaban J connectivity index is 1.25. The number of aromatic nitrogens is 3. The minimum atomic E-state index is 0.598. The van der Waals surface area contributed by atoms with E-state index in [-0.39, 0.29) is 0 Å². The number of unbranched alkanes of at least 4 members (excludes halogenated alkanes) is 7. The smallest absolute Gasteiger partial charge is 0.233 e. The second-order valence-corrected chi connectivity index (χ2v) is 9.43. The molecule has 5 heteroatoms. The zero-order valence-electron chi connectivity index (χ0n) is 20.6. The molecule has 182 valence electrons. The summed E-state index contributed by atoms with van der Waals surface area (Å²) in [4.78, 5) is 4.58. The molecule has 1 aliphatic carbocycles. The van der Waals surface area contributed by atoms with Crippen molar-refractivity contribution in [2.24, 2.45) is 5.92 Å². The highest BCUT2D eigenvalue weighted by molar-refractivity contribution is 5.53. The molecule has 0 aliphatic heterocycles. The first kappa shape index (κ1) is 25.6. The van der Waals surface area contributed by atoms with Crippen LogP contribution < -0.4 is 4.74 Å². The summed E-state index contributed by atoms with van der Waals surface area (Å²) >= 11 is 0. The zero-order chi connectivity index (χ0) is 23.0. The molecule has 0 bridgehead atoms. The lowest BCUT2D eigenvalue weighted by Gasteiger charge is -2.06. The van der Waals surface area contributed by atoms with Crippen molar-refractivity contribution in [3.8, 4) is 17.3 Å². The van der Waals surface area contributed by atoms with Crippen LogP contribution in [0.1, 0.15) is 96.0 Å². The van der Waals surface area contributed by atoms with Crippen LogP contribution in [-0.2, 0) is 11.2 Å². The van der Waals surface area contributed by atoms with E-state index in [4.69, 9.17) is 9.47 Å². The van der Waals surface area contributed by atoms with E-state index < -0.39 is 0 Å². The van der Waals surface area contributed by atoms with Crippen molar-refractivity contribution >= 4 is 0 Å². The van der Waals surface area contributed by atoms with Crippen molar-refractivity contribution in [2.45, 2.75) is 96.8 Å². The Morgan fingerprint density at radius 2 is 1.52 bits per heavy atom. The Morgan fingerprint density at radius 1 is 0.758 bits per heavy atom. The first-order chi connectivity index (χ1) is 16.3. The van der Waals surface area contributed by atoms with Crippen molar-refractivity contribution in [1.29, 1.82) is 0 Å². The summed E-state index contributed by atoms with van der Waals surface area (Å²) < 4.78 is 11.5. The molecule has 0 atom stereocenters. The molecule has 1 fully saturated rings. The van der Waals surface area contributed by atoms with Gasteiger partial charge in [-0.05, 0) is 55.7 Å². The third kappa shape index (κ3) is 11.1. The van der Waals surface area contributed by atoms with Crippen LogP contribution in [0.25, 0.3) is 11.4 Å². The normalized spacial score (nSPS) is 13.4. The molecule has 0 saturated heterocycles. The van der Waals surface area contributed by atoms with Gasteiger partial charge in [-0.15, -0.1) is 10.2 Å². The molecule has 0 aromatic carbocycles. The molecule has 2 aromatic heterocycles. The summed E-state index contributed by atoms with van der Waals surface area (Å²) in [5.74, 6) is 1.65. The van der Waals surface area contributed by atoms with Gasteiger partial charge in [0.2, 0.25) is 5.88 Å². The van der Waals surface area contributed by atoms with E-state index in [1.54, 1.807) is 0 Å². The second-order valence-electron chi connectivity index (χ2n) is 9.43. The second kappa shape index (κ2) is 15.8. The quantitative estimate of drug-likeness (QED) is 0.211.